The predicted molar refractivity (Wildman–Crippen MR) is 86.9 cm³/mol. The minimum atomic E-state index is -0.239. The molecule has 0 unspecified atom stereocenters. The van der Waals surface area contributed by atoms with Crippen molar-refractivity contribution in [2.45, 2.75) is 25.9 Å². The van der Waals surface area contributed by atoms with E-state index in [1.54, 1.807) is 21.5 Å². The van der Waals surface area contributed by atoms with Crippen LogP contribution in [-0.2, 0) is 0 Å². The molecule has 23 heavy (non-hydrogen) atoms. The monoisotopic (exact) mass is 307 g/mol. The van der Waals surface area contributed by atoms with Crippen molar-refractivity contribution in [2.24, 2.45) is 11.8 Å². The van der Waals surface area contributed by atoms with E-state index in [1.165, 1.54) is 15.7 Å². The van der Waals surface area contributed by atoms with Gasteiger partial charge in [0.1, 0.15) is 0 Å². The molecule has 116 valence electrons. The van der Waals surface area contributed by atoms with Gasteiger partial charge < -0.3 is 0 Å². The largest absolute Gasteiger partial charge is 0.352 e. The van der Waals surface area contributed by atoms with E-state index in [9.17, 15) is 9.59 Å². The maximum absolute atomic E-state index is 12.9. The van der Waals surface area contributed by atoms with Gasteiger partial charge in [0, 0.05) is 11.8 Å². The predicted octanol–water partition coefficient (Wildman–Crippen LogP) is 2.05. The molecule has 0 amide bonds. The van der Waals surface area contributed by atoms with Crippen LogP contribution < -0.4 is 11.4 Å². The molecule has 0 fully saturated rings. The minimum absolute atomic E-state index is 0.0427. The lowest BCUT2D eigenvalue weighted by molar-refractivity contribution is 0.114. The van der Waals surface area contributed by atoms with Crippen molar-refractivity contribution in [3.63, 3.8) is 0 Å². The molecule has 0 radical (unpaired) electrons. The van der Waals surface area contributed by atoms with Gasteiger partial charge in [0.05, 0.1) is 17.8 Å². The Kier molecular flexibility index (Phi) is 2.27. The van der Waals surface area contributed by atoms with Gasteiger partial charge in [-0.2, -0.15) is 0 Å². The highest BCUT2D eigenvalue weighted by Crippen LogP contribution is 2.56. The van der Waals surface area contributed by atoms with Crippen molar-refractivity contribution in [1.82, 2.24) is 13.9 Å². The average Bonchev–Trinajstić information content (AvgIpc) is 2.87. The van der Waals surface area contributed by atoms with Crippen LogP contribution in [0.25, 0.3) is 5.69 Å². The SMILES string of the molecule is CC1=C(C)[C@H]2[C@@H]1[C@H]1C=C[C@H]2n2c(=O)n(-c3ccccc3)c(=O)n21. The summed E-state index contributed by atoms with van der Waals surface area (Å²) in [4.78, 5) is 25.9. The zero-order chi connectivity index (χ0) is 15.9. The van der Waals surface area contributed by atoms with Crippen LogP contribution in [-0.4, -0.2) is 13.9 Å². The number of nitrogens with zero attached hydrogens (tertiary/aromatic N) is 3. The Morgan fingerprint density at radius 2 is 1.26 bits per heavy atom. The first kappa shape index (κ1) is 12.9. The molecule has 2 aromatic rings. The molecule has 2 aliphatic carbocycles. The molecule has 5 nitrogen and oxygen atoms in total. The van der Waals surface area contributed by atoms with Crippen LogP contribution in [0.2, 0.25) is 0 Å². The van der Waals surface area contributed by atoms with E-state index in [1.807, 2.05) is 18.2 Å². The van der Waals surface area contributed by atoms with Crippen LogP contribution >= 0.6 is 0 Å². The Morgan fingerprint density at radius 1 is 0.783 bits per heavy atom. The zero-order valence-corrected chi connectivity index (χ0v) is 13.0. The van der Waals surface area contributed by atoms with E-state index < -0.39 is 0 Å². The fraction of sp³-hybridized carbons (Fsp3) is 0.333. The fourth-order valence-corrected chi connectivity index (χ4v) is 4.65. The van der Waals surface area contributed by atoms with Crippen LogP contribution in [0.1, 0.15) is 25.9 Å². The maximum Gasteiger partial charge on any atom is 0.352 e. The van der Waals surface area contributed by atoms with E-state index in [0.717, 1.165) is 0 Å². The molecule has 1 aromatic carbocycles. The fourth-order valence-electron chi connectivity index (χ4n) is 4.65. The summed E-state index contributed by atoms with van der Waals surface area (Å²) in [7, 11) is 0. The highest BCUT2D eigenvalue weighted by molar-refractivity contribution is 5.40. The Bertz CT molecular complexity index is 944. The number of allylic oxidation sites excluding steroid dienone is 4. The van der Waals surface area contributed by atoms with Crippen molar-refractivity contribution < 1.29 is 0 Å². The summed E-state index contributed by atoms with van der Waals surface area (Å²) in [5, 5.41) is 0. The normalized spacial score (nSPS) is 30.2. The molecule has 3 heterocycles. The van der Waals surface area contributed by atoms with E-state index in [2.05, 4.69) is 26.0 Å². The number of hydrogen-bond acceptors (Lipinski definition) is 2. The third-order valence-corrected chi connectivity index (χ3v) is 5.84. The lowest BCUT2D eigenvalue weighted by Gasteiger charge is -2.53. The quantitative estimate of drug-likeness (QED) is 0.757. The summed E-state index contributed by atoms with van der Waals surface area (Å²) in [6.45, 7) is 4.29. The Balaban J connectivity index is 1.79. The van der Waals surface area contributed by atoms with Gasteiger partial charge in [0.15, 0.2) is 0 Å². The number of hydrogen-bond donors (Lipinski definition) is 0. The van der Waals surface area contributed by atoms with Gasteiger partial charge in [-0.1, -0.05) is 41.5 Å². The summed E-state index contributed by atoms with van der Waals surface area (Å²) >= 11 is 0. The Morgan fingerprint density at radius 3 is 1.74 bits per heavy atom. The van der Waals surface area contributed by atoms with Crippen molar-refractivity contribution in [3.8, 4) is 5.69 Å². The lowest BCUT2D eigenvalue weighted by Crippen LogP contribution is -2.53. The molecule has 1 aromatic heterocycles. The lowest BCUT2D eigenvalue weighted by atomic mass is 9.59. The molecule has 0 saturated carbocycles. The Hall–Kier alpha value is -2.56. The second kappa shape index (κ2) is 4.04. The number of rotatable bonds is 1. The maximum atomic E-state index is 12.9. The second-order valence-corrected chi connectivity index (χ2v) is 6.71. The van der Waals surface area contributed by atoms with Crippen molar-refractivity contribution >= 4 is 0 Å². The molecular formula is C18H17N3O2. The van der Waals surface area contributed by atoms with Gasteiger partial charge in [0.25, 0.3) is 0 Å². The number of benzene rings is 1. The third kappa shape index (κ3) is 1.34. The first-order valence-corrected chi connectivity index (χ1v) is 7.98. The molecule has 0 saturated heterocycles. The molecule has 2 bridgehead atoms. The molecular weight excluding hydrogens is 290 g/mol. The first-order chi connectivity index (χ1) is 11.1. The molecule has 0 N–H and O–H groups in total. The minimum Gasteiger partial charge on any atom is -0.245 e. The summed E-state index contributed by atoms with van der Waals surface area (Å²) in [6, 6.07) is 9.08. The molecule has 5 heteroatoms. The smallest absolute Gasteiger partial charge is 0.245 e. The second-order valence-electron chi connectivity index (χ2n) is 6.71. The Labute approximate surface area is 132 Å². The third-order valence-electron chi connectivity index (χ3n) is 5.84. The van der Waals surface area contributed by atoms with Crippen LogP contribution in [0.3, 0.4) is 0 Å². The molecule has 2 aliphatic heterocycles. The van der Waals surface area contributed by atoms with Crippen molar-refractivity contribution in [1.29, 1.82) is 0 Å². The average molecular weight is 307 g/mol. The molecule has 4 atom stereocenters. The topological polar surface area (TPSA) is 48.9 Å². The standard InChI is InChI=1S/C18H17N3O2/c1-10-11(2)16-14-9-8-13(15(10)16)20-17(22)19(18(23)21(14)20)12-6-4-3-5-7-12/h3-9,13-16H,1-2H3/t13-,14-,15-,16+/m1/s1. The zero-order valence-electron chi connectivity index (χ0n) is 13.0. The highest BCUT2D eigenvalue weighted by Gasteiger charge is 2.53. The van der Waals surface area contributed by atoms with E-state index in [-0.39, 0.29) is 23.5 Å². The summed E-state index contributed by atoms with van der Waals surface area (Å²) in [5.74, 6) is 0.711. The van der Waals surface area contributed by atoms with E-state index in [0.29, 0.717) is 17.5 Å². The van der Waals surface area contributed by atoms with Gasteiger partial charge in [-0.3, -0.25) is 0 Å². The van der Waals surface area contributed by atoms with E-state index in [4.69, 9.17) is 0 Å². The summed E-state index contributed by atoms with van der Waals surface area (Å²) in [6.07, 6.45) is 4.19. The number of para-hydroxylation sites is 1. The first-order valence-electron chi connectivity index (χ1n) is 7.98. The van der Waals surface area contributed by atoms with Gasteiger partial charge in [-0.05, 0) is 26.0 Å². The van der Waals surface area contributed by atoms with Crippen LogP contribution in [0, 0.1) is 11.8 Å². The van der Waals surface area contributed by atoms with Crippen LogP contribution in [0.5, 0.6) is 0 Å². The van der Waals surface area contributed by atoms with Gasteiger partial charge in [-0.25, -0.2) is 23.5 Å². The van der Waals surface area contributed by atoms with Crippen molar-refractivity contribution in [2.75, 3.05) is 0 Å². The van der Waals surface area contributed by atoms with Gasteiger partial charge in [0.2, 0.25) is 0 Å². The van der Waals surface area contributed by atoms with E-state index >= 15 is 0 Å². The molecule has 6 rings (SSSR count). The summed E-state index contributed by atoms with van der Waals surface area (Å²) < 4.78 is 4.62. The molecule has 4 aliphatic rings. The summed E-state index contributed by atoms with van der Waals surface area (Å²) in [5.41, 5.74) is 2.89. The van der Waals surface area contributed by atoms with Crippen LogP contribution in [0.15, 0.2) is 63.2 Å². The number of aromatic nitrogens is 3. The van der Waals surface area contributed by atoms with Crippen molar-refractivity contribution in [3.05, 3.63) is 74.6 Å². The van der Waals surface area contributed by atoms with Gasteiger partial charge >= 0.3 is 11.4 Å². The highest BCUT2D eigenvalue weighted by atomic mass is 16.2. The van der Waals surface area contributed by atoms with Crippen LogP contribution in [0.4, 0.5) is 0 Å². The van der Waals surface area contributed by atoms with Gasteiger partial charge in [-0.15, -0.1) is 0 Å². The molecule has 0 spiro atoms.